The lowest BCUT2D eigenvalue weighted by molar-refractivity contribution is -0.123. The summed E-state index contributed by atoms with van der Waals surface area (Å²) >= 11 is 5.83. The van der Waals surface area contributed by atoms with Gasteiger partial charge in [0.15, 0.2) is 6.61 Å². The highest BCUT2D eigenvalue weighted by molar-refractivity contribution is 7.92. The summed E-state index contributed by atoms with van der Waals surface area (Å²) in [6, 6.07) is 20.7. The Morgan fingerprint density at radius 1 is 1.00 bits per heavy atom. The van der Waals surface area contributed by atoms with Crippen LogP contribution in [0.4, 0.5) is 5.69 Å². The maximum absolute atomic E-state index is 12.6. The number of ether oxygens (including phenoxy) is 1. The standard InChI is InChI=1S/C23H23ClN2O4S/c1-17-15-21(31(28,29)26-20-9-7-19(24)8-10-20)11-12-22(17)30-16-23(27)25-14-13-18-5-3-2-4-6-18/h2-12,15,26H,13-14,16H2,1H3,(H,25,27). The van der Waals surface area contributed by atoms with E-state index in [1.165, 1.54) is 12.1 Å². The van der Waals surface area contributed by atoms with E-state index in [0.717, 1.165) is 12.0 Å². The molecule has 1 amide bonds. The van der Waals surface area contributed by atoms with Crippen molar-refractivity contribution in [1.82, 2.24) is 5.32 Å². The summed E-state index contributed by atoms with van der Waals surface area (Å²) in [5.41, 5.74) is 2.16. The second-order valence-corrected chi connectivity index (χ2v) is 9.03. The fourth-order valence-electron chi connectivity index (χ4n) is 2.87. The summed E-state index contributed by atoms with van der Waals surface area (Å²) in [7, 11) is -3.76. The van der Waals surface area contributed by atoms with Gasteiger partial charge in [-0.3, -0.25) is 9.52 Å². The van der Waals surface area contributed by atoms with E-state index in [9.17, 15) is 13.2 Å². The van der Waals surface area contributed by atoms with Crippen molar-refractivity contribution in [1.29, 1.82) is 0 Å². The van der Waals surface area contributed by atoms with Crippen LogP contribution in [0.5, 0.6) is 5.75 Å². The summed E-state index contributed by atoms with van der Waals surface area (Å²) in [5.74, 6) is 0.208. The number of sulfonamides is 1. The zero-order valence-corrected chi connectivity index (χ0v) is 18.5. The molecule has 0 fully saturated rings. The van der Waals surface area contributed by atoms with E-state index >= 15 is 0 Å². The average Bonchev–Trinajstić information content (AvgIpc) is 2.75. The molecule has 6 nitrogen and oxygen atoms in total. The number of rotatable bonds is 9. The quantitative estimate of drug-likeness (QED) is 0.503. The van der Waals surface area contributed by atoms with Crippen LogP contribution in [-0.4, -0.2) is 27.5 Å². The van der Waals surface area contributed by atoms with Crippen LogP contribution in [0.1, 0.15) is 11.1 Å². The lowest BCUT2D eigenvalue weighted by atomic mass is 10.1. The molecule has 0 bridgehead atoms. The van der Waals surface area contributed by atoms with Crippen LogP contribution in [0.25, 0.3) is 0 Å². The fraction of sp³-hybridized carbons (Fsp3) is 0.174. The van der Waals surface area contributed by atoms with Crippen molar-refractivity contribution in [3.63, 3.8) is 0 Å². The lowest BCUT2D eigenvalue weighted by Crippen LogP contribution is -2.30. The Bertz CT molecular complexity index is 1130. The van der Waals surface area contributed by atoms with Gasteiger partial charge in [-0.05, 0) is 66.9 Å². The number of hydrogen-bond donors (Lipinski definition) is 2. The Hall–Kier alpha value is -3.03. The molecule has 0 saturated carbocycles. The Kier molecular flexibility index (Phi) is 7.55. The maximum atomic E-state index is 12.6. The predicted molar refractivity (Wildman–Crippen MR) is 122 cm³/mol. The molecule has 0 saturated heterocycles. The molecule has 0 heterocycles. The van der Waals surface area contributed by atoms with Gasteiger partial charge in [-0.15, -0.1) is 0 Å². The van der Waals surface area contributed by atoms with Crippen LogP contribution >= 0.6 is 11.6 Å². The van der Waals surface area contributed by atoms with Crippen molar-refractivity contribution in [2.45, 2.75) is 18.2 Å². The Labute approximate surface area is 187 Å². The molecule has 3 rings (SSSR count). The molecule has 0 aromatic heterocycles. The van der Waals surface area contributed by atoms with Gasteiger partial charge < -0.3 is 10.1 Å². The number of anilines is 1. The van der Waals surface area contributed by atoms with E-state index in [0.29, 0.717) is 28.6 Å². The lowest BCUT2D eigenvalue weighted by Gasteiger charge is -2.12. The number of benzene rings is 3. The van der Waals surface area contributed by atoms with E-state index in [2.05, 4.69) is 10.0 Å². The second-order valence-electron chi connectivity index (χ2n) is 6.91. The zero-order chi connectivity index (χ0) is 22.3. The van der Waals surface area contributed by atoms with Gasteiger partial charge in [-0.1, -0.05) is 41.9 Å². The minimum atomic E-state index is -3.76. The number of carbonyl (C=O) groups is 1. The van der Waals surface area contributed by atoms with Crippen LogP contribution in [0.15, 0.2) is 77.7 Å². The van der Waals surface area contributed by atoms with Crippen LogP contribution in [-0.2, 0) is 21.2 Å². The molecule has 8 heteroatoms. The summed E-state index contributed by atoms with van der Waals surface area (Å²) in [5, 5.41) is 3.33. The number of carbonyl (C=O) groups excluding carboxylic acids is 1. The molecule has 3 aromatic carbocycles. The third-order valence-corrected chi connectivity index (χ3v) is 6.12. The average molecular weight is 459 g/mol. The van der Waals surface area contributed by atoms with Crippen molar-refractivity contribution in [3.05, 3.63) is 88.9 Å². The van der Waals surface area contributed by atoms with Gasteiger partial charge in [0.1, 0.15) is 5.75 Å². The first kappa shape index (κ1) is 22.7. The van der Waals surface area contributed by atoms with Gasteiger partial charge in [0, 0.05) is 17.3 Å². The summed E-state index contributed by atoms with van der Waals surface area (Å²) in [4.78, 5) is 12.1. The molecule has 0 aliphatic rings. The summed E-state index contributed by atoms with van der Waals surface area (Å²) < 4.78 is 33.3. The van der Waals surface area contributed by atoms with Crippen molar-refractivity contribution < 1.29 is 17.9 Å². The summed E-state index contributed by atoms with van der Waals surface area (Å²) in [6.07, 6.45) is 0.735. The Morgan fingerprint density at radius 2 is 1.71 bits per heavy atom. The largest absolute Gasteiger partial charge is 0.484 e. The number of aryl methyl sites for hydroxylation is 1. The Morgan fingerprint density at radius 3 is 2.39 bits per heavy atom. The van der Waals surface area contributed by atoms with Gasteiger partial charge in [0.25, 0.3) is 15.9 Å². The van der Waals surface area contributed by atoms with E-state index in [4.69, 9.17) is 16.3 Å². The molecule has 3 aromatic rings. The highest BCUT2D eigenvalue weighted by Gasteiger charge is 2.16. The molecule has 0 aliphatic carbocycles. The van der Waals surface area contributed by atoms with Crippen LogP contribution in [0.2, 0.25) is 5.02 Å². The number of amides is 1. The van der Waals surface area contributed by atoms with Gasteiger partial charge in [0.05, 0.1) is 4.90 Å². The minimum absolute atomic E-state index is 0.0969. The van der Waals surface area contributed by atoms with Crippen molar-refractivity contribution >= 4 is 33.2 Å². The number of nitrogens with one attached hydrogen (secondary N) is 2. The predicted octanol–water partition coefficient (Wildman–Crippen LogP) is 4.19. The molecular weight excluding hydrogens is 436 g/mol. The first-order valence-corrected chi connectivity index (χ1v) is 11.5. The Balaban J connectivity index is 1.53. The smallest absolute Gasteiger partial charge is 0.261 e. The molecule has 0 unspecified atom stereocenters. The second kappa shape index (κ2) is 10.3. The maximum Gasteiger partial charge on any atom is 0.261 e. The third-order valence-electron chi connectivity index (χ3n) is 4.49. The van der Waals surface area contributed by atoms with E-state index < -0.39 is 10.0 Å². The van der Waals surface area contributed by atoms with Crippen LogP contribution in [0, 0.1) is 6.92 Å². The molecule has 2 N–H and O–H groups in total. The third kappa shape index (κ3) is 6.73. The zero-order valence-electron chi connectivity index (χ0n) is 17.0. The van der Waals surface area contributed by atoms with Gasteiger partial charge >= 0.3 is 0 Å². The van der Waals surface area contributed by atoms with Gasteiger partial charge in [-0.25, -0.2) is 8.42 Å². The van der Waals surface area contributed by atoms with Gasteiger partial charge in [-0.2, -0.15) is 0 Å². The highest BCUT2D eigenvalue weighted by atomic mass is 35.5. The normalized spacial score (nSPS) is 11.0. The monoisotopic (exact) mass is 458 g/mol. The number of halogens is 1. The van der Waals surface area contributed by atoms with E-state index in [1.807, 2.05) is 30.3 Å². The molecule has 0 atom stereocenters. The molecule has 31 heavy (non-hydrogen) atoms. The summed E-state index contributed by atoms with van der Waals surface area (Å²) in [6.45, 7) is 2.09. The molecule has 0 radical (unpaired) electrons. The van der Waals surface area contributed by atoms with E-state index in [1.54, 1.807) is 37.3 Å². The first-order chi connectivity index (χ1) is 14.8. The van der Waals surface area contributed by atoms with E-state index in [-0.39, 0.29) is 17.4 Å². The van der Waals surface area contributed by atoms with Crippen molar-refractivity contribution in [2.24, 2.45) is 0 Å². The topological polar surface area (TPSA) is 84.5 Å². The minimum Gasteiger partial charge on any atom is -0.484 e. The molecule has 0 spiro atoms. The first-order valence-electron chi connectivity index (χ1n) is 9.66. The van der Waals surface area contributed by atoms with Gasteiger partial charge in [0.2, 0.25) is 0 Å². The molecular formula is C23H23ClN2O4S. The van der Waals surface area contributed by atoms with Crippen molar-refractivity contribution in [3.8, 4) is 5.75 Å². The van der Waals surface area contributed by atoms with Crippen LogP contribution < -0.4 is 14.8 Å². The molecule has 0 aliphatic heterocycles. The van der Waals surface area contributed by atoms with Crippen molar-refractivity contribution in [2.75, 3.05) is 17.9 Å². The fourth-order valence-corrected chi connectivity index (χ4v) is 4.14. The number of hydrogen-bond acceptors (Lipinski definition) is 4. The van der Waals surface area contributed by atoms with Crippen LogP contribution in [0.3, 0.4) is 0 Å². The molecule has 162 valence electrons. The SMILES string of the molecule is Cc1cc(S(=O)(=O)Nc2ccc(Cl)cc2)ccc1OCC(=O)NCCc1ccccc1. The highest BCUT2D eigenvalue weighted by Crippen LogP contribution is 2.24.